The number of aromatic nitrogens is 3. The van der Waals surface area contributed by atoms with Gasteiger partial charge in [-0.25, -0.2) is 14.4 Å². The summed E-state index contributed by atoms with van der Waals surface area (Å²) in [5.41, 5.74) is 3.75. The lowest BCUT2D eigenvalue weighted by Crippen LogP contribution is -2.25. The van der Waals surface area contributed by atoms with Crippen LogP contribution in [0.1, 0.15) is 12.6 Å². The first-order chi connectivity index (χ1) is 16.5. The number of thiophene rings is 1. The normalized spacial score (nSPS) is 11.1. The van der Waals surface area contributed by atoms with Crippen molar-refractivity contribution in [2.75, 3.05) is 0 Å². The van der Waals surface area contributed by atoms with E-state index in [0.29, 0.717) is 23.6 Å². The number of rotatable bonds is 4. The highest BCUT2D eigenvalue weighted by molar-refractivity contribution is 7.18. The van der Waals surface area contributed by atoms with Crippen molar-refractivity contribution in [3.63, 3.8) is 0 Å². The number of para-hydroxylation sites is 1. The Kier molecular flexibility index (Phi) is 5.59. The Morgan fingerprint density at radius 2 is 1.82 bits per heavy atom. The number of hydrogen-bond acceptors (Lipinski definition) is 6. The van der Waals surface area contributed by atoms with Crippen LogP contribution in [0.5, 0.6) is 5.75 Å². The number of halogens is 1. The molecule has 1 N–H and O–H groups in total. The first-order valence-electron chi connectivity index (χ1n) is 10.7. The Morgan fingerprint density at radius 1 is 1.09 bits per heavy atom. The van der Waals surface area contributed by atoms with Gasteiger partial charge in [0.05, 0.1) is 27.9 Å². The minimum absolute atomic E-state index is 0.183. The minimum atomic E-state index is -0.758. The number of benzene rings is 2. The predicted octanol–water partition coefficient (Wildman–Crippen LogP) is 6.13. The molecule has 0 fully saturated rings. The molecule has 34 heavy (non-hydrogen) atoms. The van der Waals surface area contributed by atoms with Crippen molar-refractivity contribution in [3.05, 3.63) is 89.1 Å². The first-order valence-corrected chi connectivity index (χ1v) is 11.5. The number of nitrogens with zero attached hydrogens (tertiary/aromatic N) is 3. The molecule has 0 bridgehead atoms. The van der Waals surface area contributed by atoms with Crippen LogP contribution < -0.4 is 5.56 Å². The molecule has 0 saturated heterocycles. The minimum Gasteiger partial charge on any atom is -0.504 e. The van der Waals surface area contributed by atoms with Gasteiger partial charge < -0.3 is 9.52 Å². The summed E-state index contributed by atoms with van der Waals surface area (Å²) >= 11 is 1.40. The van der Waals surface area contributed by atoms with Crippen LogP contribution in [0.4, 0.5) is 4.39 Å². The van der Waals surface area contributed by atoms with Crippen molar-refractivity contribution in [2.45, 2.75) is 20.4 Å². The molecule has 1 aromatic carbocycles. The molecule has 0 unspecified atom stereocenters. The average molecular weight is 474 g/mol. The van der Waals surface area contributed by atoms with Gasteiger partial charge in [-0.15, -0.1) is 11.3 Å². The van der Waals surface area contributed by atoms with Gasteiger partial charge in [-0.1, -0.05) is 24.3 Å². The summed E-state index contributed by atoms with van der Waals surface area (Å²) < 4.78 is 20.6. The van der Waals surface area contributed by atoms with Gasteiger partial charge in [0, 0.05) is 11.4 Å². The molecule has 8 heteroatoms. The standard InChI is InChI=1S/C20H16FN3O3S.C6H4/c1-3-24-19(12-5-4-6-13(21)18(12)25)23-11(2)17(20(24)26)16-8-7-15(28-16)14-9-22-10-27-14;1-2-5-4-6(5)3-1/h4-10,25H,3H2,1-2H3;1-4H. The molecule has 2 aliphatic rings. The van der Waals surface area contributed by atoms with Crippen molar-refractivity contribution in [3.8, 4) is 49.3 Å². The van der Waals surface area contributed by atoms with Gasteiger partial charge in [0.1, 0.15) is 5.82 Å². The smallest absolute Gasteiger partial charge is 0.262 e. The van der Waals surface area contributed by atoms with E-state index >= 15 is 0 Å². The van der Waals surface area contributed by atoms with E-state index in [0.717, 1.165) is 15.8 Å². The number of phenols is 1. The molecule has 2 aliphatic carbocycles. The highest BCUT2D eigenvalue weighted by Crippen LogP contribution is 2.36. The number of fused-ring (bicyclic) bond motifs is 1. The zero-order valence-corrected chi connectivity index (χ0v) is 19.3. The van der Waals surface area contributed by atoms with Gasteiger partial charge >= 0.3 is 0 Å². The van der Waals surface area contributed by atoms with Gasteiger partial charge in [-0.05, 0) is 55.3 Å². The van der Waals surface area contributed by atoms with Gasteiger partial charge in [0.25, 0.3) is 5.56 Å². The largest absolute Gasteiger partial charge is 0.504 e. The third-order valence-corrected chi connectivity index (χ3v) is 6.65. The Morgan fingerprint density at radius 3 is 2.44 bits per heavy atom. The lowest BCUT2D eigenvalue weighted by molar-refractivity contribution is 0.433. The topological polar surface area (TPSA) is 81.2 Å². The third kappa shape index (κ3) is 3.92. The van der Waals surface area contributed by atoms with Gasteiger partial charge in [-0.3, -0.25) is 9.36 Å². The fourth-order valence-electron chi connectivity index (χ4n) is 3.76. The van der Waals surface area contributed by atoms with Crippen LogP contribution in [0.3, 0.4) is 0 Å². The zero-order valence-electron chi connectivity index (χ0n) is 18.4. The van der Waals surface area contributed by atoms with Gasteiger partial charge in [0.2, 0.25) is 0 Å². The summed E-state index contributed by atoms with van der Waals surface area (Å²) in [5.74, 6) is -0.421. The van der Waals surface area contributed by atoms with Crippen LogP contribution in [-0.4, -0.2) is 19.6 Å². The second-order valence-electron chi connectivity index (χ2n) is 7.69. The summed E-state index contributed by atoms with van der Waals surface area (Å²) in [5, 5.41) is 10.1. The summed E-state index contributed by atoms with van der Waals surface area (Å²) in [6.07, 6.45) is 2.97. The van der Waals surface area contributed by atoms with Crippen molar-refractivity contribution >= 4 is 11.3 Å². The van der Waals surface area contributed by atoms with Gasteiger partial charge in [-0.2, -0.15) is 0 Å². The van der Waals surface area contributed by atoms with Crippen LogP contribution in [0.15, 0.2) is 76.4 Å². The first kappa shape index (κ1) is 21.8. The maximum absolute atomic E-state index is 13.8. The molecular formula is C26H20FN3O3S. The van der Waals surface area contributed by atoms with E-state index in [9.17, 15) is 14.3 Å². The number of aromatic hydroxyl groups is 1. The van der Waals surface area contributed by atoms with Crippen molar-refractivity contribution in [2.24, 2.45) is 0 Å². The molecule has 0 saturated carbocycles. The number of oxazole rings is 1. The SMILES string of the molecule is CCn1c(-c2cccc(F)c2O)nc(C)c(-c2ccc(-c3cnco3)s2)c1=O.c1cc2cc-2c1. The lowest BCUT2D eigenvalue weighted by Gasteiger charge is -2.15. The molecule has 4 aromatic rings. The summed E-state index contributed by atoms with van der Waals surface area (Å²) in [6, 6.07) is 16.4. The van der Waals surface area contributed by atoms with E-state index in [1.807, 2.05) is 12.1 Å². The van der Waals surface area contributed by atoms with Crippen LogP contribution in [-0.2, 0) is 6.54 Å². The molecule has 0 radical (unpaired) electrons. The maximum Gasteiger partial charge on any atom is 0.262 e. The number of aryl methyl sites for hydroxylation is 1. The molecule has 3 heterocycles. The number of phenolic OH excluding ortho intramolecular Hbond substituents is 1. The van der Waals surface area contributed by atoms with Crippen molar-refractivity contribution < 1.29 is 13.9 Å². The Labute approximate surface area is 198 Å². The van der Waals surface area contributed by atoms with Crippen molar-refractivity contribution in [1.29, 1.82) is 0 Å². The predicted molar refractivity (Wildman–Crippen MR) is 130 cm³/mol. The van der Waals surface area contributed by atoms with E-state index in [-0.39, 0.29) is 16.9 Å². The summed E-state index contributed by atoms with van der Waals surface area (Å²) in [7, 11) is 0. The second-order valence-corrected chi connectivity index (χ2v) is 8.78. The van der Waals surface area contributed by atoms with E-state index in [1.165, 1.54) is 39.5 Å². The molecule has 3 aromatic heterocycles. The third-order valence-electron chi connectivity index (χ3n) is 5.53. The molecule has 0 spiro atoms. The highest BCUT2D eigenvalue weighted by atomic mass is 32.1. The number of hydrogen-bond donors (Lipinski definition) is 1. The lowest BCUT2D eigenvalue weighted by atomic mass is 10.1. The molecule has 170 valence electrons. The quantitative estimate of drug-likeness (QED) is 0.333. The Hall–Kier alpha value is -4.04. The molecule has 0 aliphatic heterocycles. The highest BCUT2D eigenvalue weighted by Gasteiger charge is 2.21. The van der Waals surface area contributed by atoms with Crippen LogP contribution in [0.2, 0.25) is 0 Å². The zero-order chi connectivity index (χ0) is 23.8. The van der Waals surface area contributed by atoms with E-state index in [4.69, 9.17) is 4.42 Å². The monoisotopic (exact) mass is 473 g/mol. The fourth-order valence-corrected chi connectivity index (χ4v) is 4.80. The Bertz CT molecular complexity index is 1540. The van der Waals surface area contributed by atoms with Crippen LogP contribution in [0.25, 0.3) is 43.6 Å². The average Bonchev–Trinajstić information content (AvgIpc) is 3.29. The van der Waals surface area contributed by atoms with E-state index in [2.05, 4.69) is 34.2 Å². The summed E-state index contributed by atoms with van der Waals surface area (Å²) in [4.78, 5) is 23.3. The summed E-state index contributed by atoms with van der Waals surface area (Å²) in [6.45, 7) is 3.85. The van der Waals surface area contributed by atoms with E-state index in [1.54, 1.807) is 26.1 Å². The van der Waals surface area contributed by atoms with Gasteiger partial charge in [0.15, 0.2) is 23.7 Å². The molecule has 0 atom stereocenters. The molecule has 6 rings (SSSR count). The molecule has 6 nitrogen and oxygen atoms in total. The van der Waals surface area contributed by atoms with Crippen LogP contribution in [0, 0.1) is 12.7 Å². The van der Waals surface area contributed by atoms with Crippen molar-refractivity contribution in [1.82, 2.24) is 14.5 Å². The van der Waals surface area contributed by atoms with E-state index < -0.39 is 11.6 Å². The second kappa shape index (κ2) is 8.72. The Balaban J connectivity index is 0.000000343. The van der Waals surface area contributed by atoms with Crippen LogP contribution >= 0.6 is 11.3 Å². The fraction of sp³-hybridized carbons (Fsp3) is 0.115. The molecular weight excluding hydrogens is 453 g/mol. The molecule has 0 amide bonds. The maximum atomic E-state index is 13.8.